The van der Waals surface area contributed by atoms with E-state index in [0.29, 0.717) is 25.2 Å². The Balaban J connectivity index is 1.88. The quantitative estimate of drug-likeness (QED) is 0.768. The number of urea groups is 1. The zero-order valence-corrected chi connectivity index (χ0v) is 12.3. The SMILES string of the molecule is CN(Cc1ncc[nH]1)C(=O)NCC1(C(=O)O)CCCCC1. The summed E-state index contributed by atoms with van der Waals surface area (Å²) in [6, 6.07) is -0.280. The van der Waals surface area contributed by atoms with Gasteiger partial charge in [-0.2, -0.15) is 0 Å². The topological polar surface area (TPSA) is 98.3 Å². The first-order chi connectivity index (χ1) is 10.0. The normalized spacial score (nSPS) is 17.2. The van der Waals surface area contributed by atoms with E-state index in [0.717, 1.165) is 19.3 Å². The molecular weight excluding hydrogens is 272 g/mol. The molecule has 0 radical (unpaired) electrons. The minimum Gasteiger partial charge on any atom is -0.481 e. The number of hydrogen-bond acceptors (Lipinski definition) is 3. The maximum absolute atomic E-state index is 12.1. The third-order valence-electron chi connectivity index (χ3n) is 4.13. The molecule has 1 fully saturated rings. The number of hydrogen-bond donors (Lipinski definition) is 3. The zero-order chi connectivity index (χ0) is 15.3. The molecule has 1 aromatic heterocycles. The maximum atomic E-state index is 12.1. The van der Waals surface area contributed by atoms with Crippen molar-refractivity contribution in [1.29, 1.82) is 0 Å². The van der Waals surface area contributed by atoms with E-state index in [9.17, 15) is 14.7 Å². The molecule has 1 heterocycles. The van der Waals surface area contributed by atoms with Crippen LogP contribution in [0.2, 0.25) is 0 Å². The molecule has 1 aliphatic carbocycles. The van der Waals surface area contributed by atoms with Gasteiger partial charge in [-0.3, -0.25) is 4.79 Å². The predicted molar refractivity (Wildman–Crippen MR) is 76.6 cm³/mol. The van der Waals surface area contributed by atoms with Crippen LogP contribution in [0.1, 0.15) is 37.9 Å². The summed E-state index contributed by atoms with van der Waals surface area (Å²) in [7, 11) is 1.66. The molecule has 3 N–H and O–H groups in total. The molecule has 0 atom stereocenters. The Hall–Kier alpha value is -2.05. The van der Waals surface area contributed by atoms with Gasteiger partial charge in [0.25, 0.3) is 0 Å². The third-order valence-corrected chi connectivity index (χ3v) is 4.13. The van der Waals surface area contributed by atoms with E-state index in [-0.39, 0.29) is 12.6 Å². The van der Waals surface area contributed by atoms with Gasteiger partial charge in [0, 0.05) is 26.0 Å². The summed E-state index contributed by atoms with van der Waals surface area (Å²) < 4.78 is 0. The molecule has 1 aliphatic rings. The highest BCUT2D eigenvalue weighted by Crippen LogP contribution is 2.36. The highest BCUT2D eigenvalue weighted by molar-refractivity contribution is 5.78. The Kier molecular flexibility index (Phi) is 4.82. The van der Waals surface area contributed by atoms with Crippen molar-refractivity contribution in [3.63, 3.8) is 0 Å². The van der Waals surface area contributed by atoms with E-state index in [4.69, 9.17) is 0 Å². The summed E-state index contributed by atoms with van der Waals surface area (Å²) in [5.41, 5.74) is -0.806. The van der Waals surface area contributed by atoms with Crippen LogP contribution in [0.15, 0.2) is 12.4 Å². The Bertz CT molecular complexity index is 480. The standard InChI is InChI=1S/C14H22N4O3/c1-18(9-11-15-7-8-16-11)13(21)17-10-14(12(19)20)5-3-2-4-6-14/h7-8H,2-6,9-10H2,1H3,(H,15,16)(H,17,21)(H,19,20). The molecule has 1 saturated carbocycles. The molecular formula is C14H22N4O3. The second-order valence-electron chi connectivity index (χ2n) is 5.70. The lowest BCUT2D eigenvalue weighted by Crippen LogP contribution is -2.47. The minimum absolute atomic E-state index is 0.184. The summed E-state index contributed by atoms with van der Waals surface area (Å²) in [4.78, 5) is 32.1. The highest BCUT2D eigenvalue weighted by Gasteiger charge is 2.39. The number of carbonyl (C=O) groups excluding carboxylic acids is 1. The van der Waals surface area contributed by atoms with Gasteiger partial charge in [-0.1, -0.05) is 19.3 Å². The smallest absolute Gasteiger partial charge is 0.317 e. The number of carbonyl (C=O) groups is 2. The van der Waals surface area contributed by atoms with Crippen molar-refractivity contribution in [2.75, 3.05) is 13.6 Å². The molecule has 0 aromatic carbocycles. The van der Waals surface area contributed by atoms with Crippen molar-refractivity contribution in [2.24, 2.45) is 5.41 Å². The number of nitrogens with zero attached hydrogens (tertiary/aromatic N) is 2. The number of H-pyrrole nitrogens is 1. The lowest BCUT2D eigenvalue weighted by Gasteiger charge is -2.33. The second-order valence-corrected chi connectivity index (χ2v) is 5.70. The molecule has 7 nitrogen and oxygen atoms in total. The minimum atomic E-state index is -0.809. The Morgan fingerprint density at radius 3 is 2.71 bits per heavy atom. The number of imidazole rings is 1. The van der Waals surface area contributed by atoms with Crippen LogP contribution in [0.3, 0.4) is 0 Å². The van der Waals surface area contributed by atoms with Gasteiger partial charge in [0.2, 0.25) is 0 Å². The van der Waals surface area contributed by atoms with Crippen molar-refractivity contribution >= 4 is 12.0 Å². The van der Waals surface area contributed by atoms with E-state index in [1.807, 2.05) is 0 Å². The van der Waals surface area contributed by atoms with Gasteiger partial charge >= 0.3 is 12.0 Å². The Morgan fingerprint density at radius 2 is 2.14 bits per heavy atom. The average Bonchev–Trinajstić information content (AvgIpc) is 2.98. The number of carboxylic acid groups (broad SMARTS) is 1. The molecule has 0 saturated heterocycles. The summed E-state index contributed by atoms with van der Waals surface area (Å²) in [5, 5.41) is 12.2. The fraction of sp³-hybridized carbons (Fsp3) is 0.643. The van der Waals surface area contributed by atoms with Crippen molar-refractivity contribution in [3.8, 4) is 0 Å². The monoisotopic (exact) mass is 294 g/mol. The van der Waals surface area contributed by atoms with Gasteiger partial charge < -0.3 is 20.3 Å². The van der Waals surface area contributed by atoms with Crippen LogP contribution in [0, 0.1) is 5.41 Å². The van der Waals surface area contributed by atoms with Crippen molar-refractivity contribution in [1.82, 2.24) is 20.2 Å². The molecule has 0 bridgehead atoms. The van der Waals surface area contributed by atoms with Crippen LogP contribution < -0.4 is 5.32 Å². The van der Waals surface area contributed by atoms with Crippen molar-refractivity contribution in [2.45, 2.75) is 38.6 Å². The Labute approximate surface area is 123 Å². The second kappa shape index (κ2) is 6.60. The van der Waals surface area contributed by atoms with Gasteiger partial charge in [0.15, 0.2) is 0 Å². The number of nitrogens with one attached hydrogen (secondary N) is 2. The number of amides is 2. The highest BCUT2D eigenvalue weighted by atomic mass is 16.4. The first-order valence-electron chi connectivity index (χ1n) is 7.24. The number of carboxylic acids is 1. The molecule has 1 aromatic rings. The first-order valence-corrected chi connectivity index (χ1v) is 7.24. The Morgan fingerprint density at radius 1 is 1.43 bits per heavy atom. The number of aromatic nitrogens is 2. The fourth-order valence-corrected chi connectivity index (χ4v) is 2.76. The summed E-state index contributed by atoms with van der Waals surface area (Å²) >= 11 is 0. The predicted octanol–water partition coefficient (Wildman–Crippen LogP) is 1.59. The average molecular weight is 294 g/mol. The van der Waals surface area contributed by atoms with E-state index in [1.165, 1.54) is 4.90 Å². The molecule has 7 heteroatoms. The summed E-state index contributed by atoms with van der Waals surface area (Å²) in [6.45, 7) is 0.544. The van der Waals surface area contributed by atoms with Crippen LogP contribution >= 0.6 is 0 Å². The van der Waals surface area contributed by atoms with E-state index < -0.39 is 11.4 Å². The number of aliphatic carboxylic acids is 1. The van der Waals surface area contributed by atoms with Crippen LogP contribution in [0.25, 0.3) is 0 Å². The van der Waals surface area contributed by atoms with Crippen LogP contribution in [0.4, 0.5) is 4.79 Å². The number of aromatic amines is 1. The molecule has 0 unspecified atom stereocenters. The molecule has 0 spiro atoms. The maximum Gasteiger partial charge on any atom is 0.317 e. The fourth-order valence-electron chi connectivity index (χ4n) is 2.76. The first kappa shape index (κ1) is 15.3. The molecule has 2 amide bonds. The summed E-state index contributed by atoms with van der Waals surface area (Å²) in [6.07, 6.45) is 7.47. The number of rotatable bonds is 5. The third kappa shape index (κ3) is 3.74. The van der Waals surface area contributed by atoms with E-state index >= 15 is 0 Å². The van der Waals surface area contributed by atoms with Gasteiger partial charge in [0.1, 0.15) is 5.82 Å². The van der Waals surface area contributed by atoms with Gasteiger partial charge in [-0.15, -0.1) is 0 Å². The lowest BCUT2D eigenvalue weighted by molar-refractivity contribution is -0.150. The van der Waals surface area contributed by atoms with Crippen LogP contribution in [-0.2, 0) is 11.3 Å². The van der Waals surface area contributed by atoms with E-state index in [2.05, 4.69) is 15.3 Å². The molecule has 2 rings (SSSR count). The molecule has 0 aliphatic heterocycles. The van der Waals surface area contributed by atoms with Gasteiger partial charge in [-0.05, 0) is 12.8 Å². The summed E-state index contributed by atoms with van der Waals surface area (Å²) in [5.74, 6) is -0.116. The lowest BCUT2D eigenvalue weighted by atomic mass is 9.74. The molecule has 116 valence electrons. The van der Waals surface area contributed by atoms with Gasteiger partial charge in [-0.25, -0.2) is 9.78 Å². The van der Waals surface area contributed by atoms with Crippen LogP contribution in [-0.4, -0.2) is 45.6 Å². The molecule has 21 heavy (non-hydrogen) atoms. The van der Waals surface area contributed by atoms with Gasteiger partial charge in [0.05, 0.1) is 12.0 Å². The van der Waals surface area contributed by atoms with Crippen molar-refractivity contribution < 1.29 is 14.7 Å². The van der Waals surface area contributed by atoms with E-state index in [1.54, 1.807) is 19.4 Å². The zero-order valence-electron chi connectivity index (χ0n) is 12.3. The largest absolute Gasteiger partial charge is 0.481 e. The van der Waals surface area contributed by atoms with Crippen molar-refractivity contribution in [3.05, 3.63) is 18.2 Å². The van der Waals surface area contributed by atoms with Crippen LogP contribution in [0.5, 0.6) is 0 Å².